The Labute approximate surface area is 127 Å². The van der Waals surface area contributed by atoms with Gasteiger partial charge in [-0.25, -0.2) is 0 Å². The van der Waals surface area contributed by atoms with Gasteiger partial charge in [0.15, 0.2) is 0 Å². The van der Waals surface area contributed by atoms with Gasteiger partial charge in [0.25, 0.3) is 5.91 Å². The Morgan fingerprint density at radius 3 is 2.50 bits per heavy atom. The molecule has 0 spiro atoms. The third-order valence-electron chi connectivity index (χ3n) is 4.50. The second kappa shape index (κ2) is 5.82. The smallest absolute Gasteiger partial charge is 0.364 e. The molecule has 22 heavy (non-hydrogen) atoms. The van der Waals surface area contributed by atoms with Gasteiger partial charge in [-0.1, -0.05) is 31.4 Å². The fourth-order valence-electron chi connectivity index (χ4n) is 3.50. The maximum Gasteiger partial charge on any atom is 0.406 e. The molecule has 1 aliphatic carbocycles. The van der Waals surface area contributed by atoms with Crippen LogP contribution in [0.25, 0.3) is 0 Å². The van der Waals surface area contributed by atoms with Gasteiger partial charge in [-0.05, 0) is 30.9 Å². The molecule has 1 aromatic carbocycles. The van der Waals surface area contributed by atoms with Crippen LogP contribution >= 0.6 is 0 Å². The summed E-state index contributed by atoms with van der Waals surface area (Å²) in [5.41, 5.74) is 0.959. The van der Waals surface area contributed by atoms with Crippen LogP contribution < -0.4 is 5.32 Å². The summed E-state index contributed by atoms with van der Waals surface area (Å²) in [5.74, 6) is -0.448. The Balaban J connectivity index is 1.92. The molecule has 3 rings (SSSR count). The number of alkyl halides is 3. The molecule has 2 aliphatic rings. The molecule has 0 radical (unpaired) electrons. The summed E-state index contributed by atoms with van der Waals surface area (Å²) < 4.78 is 38.7. The molecule has 1 atom stereocenters. The average molecular weight is 312 g/mol. The molecule has 3 nitrogen and oxygen atoms in total. The number of carbonyl (C=O) groups is 1. The molecule has 1 heterocycles. The molecule has 0 aromatic heterocycles. The van der Waals surface area contributed by atoms with E-state index in [1.54, 1.807) is 24.3 Å². The number of carbonyl (C=O) groups excluding carboxylic acids is 1. The Hall–Kier alpha value is -1.72. The molecule has 1 aromatic rings. The maximum absolute atomic E-state index is 12.9. The van der Waals surface area contributed by atoms with E-state index in [1.165, 1.54) is 0 Å². The topological polar surface area (TPSA) is 32.3 Å². The van der Waals surface area contributed by atoms with Gasteiger partial charge in [-0.2, -0.15) is 13.2 Å². The molecule has 1 N–H and O–H groups in total. The normalized spacial score (nSPS) is 23.1. The molecule has 0 bridgehead atoms. The monoisotopic (exact) mass is 312 g/mol. The van der Waals surface area contributed by atoms with Crippen molar-refractivity contribution in [2.45, 2.75) is 44.4 Å². The molecule has 120 valence electrons. The number of hydrogen-bond donors (Lipinski definition) is 1. The number of para-hydroxylation sites is 1. The molecule has 1 amide bonds. The number of fused-ring (bicyclic) bond motifs is 1. The number of nitrogens with one attached hydrogen (secondary N) is 1. The van der Waals surface area contributed by atoms with Crippen molar-refractivity contribution < 1.29 is 18.0 Å². The fraction of sp³-hybridized carbons (Fsp3) is 0.562. The van der Waals surface area contributed by atoms with E-state index in [9.17, 15) is 18.0 Å². The van der Waals surface area contributed by atoms with Gasteiger partial charge in [0.05, 0.1) is 5.56 Å². The first-order chi connectivity index (χ1) is 10.5. The zero-order valence-corrected chi connectivity index (χ0v) is 12.2. The summed E-state index contributed by atoms with van der Waals surface area (Å²) in [5, 5.41) is 3.17. The summed E-state index contributed by atoms with van der Waals surface area (Å²) in [6.07, 6.45) is -0.0897. The molecule has 1 aliphatic heterocycles. The molecule has 0 unspecified atom stereocenters. The fourth-order valence-corrected chi connectivity index (χ4v) is 3.50. The highest BCUT2D eigenvalue weighted by atomic mass is 19.4. The lowest BCUT2D eigenvalue weighted by molar-refractivity contribution is -0.146. The highest BCUT2D eigenvalue weighted by Crippen LogP contribution is 2.36. The Kier molecular flexibility index (Phi) is 4.02. The van der Waals surface area contributed by atoms with Gasteiger partial charge in [0.2, 0.25) is 0 Å². The predicted octanol–water partition coefficient (Wildman–Crippen LogP) is 4.02. The van der Waals surface area contributed by atoms with Crippen LogP contribution in [0, 0.1) is 5.92 Å². The number of rotatable bonds is 2. The van der Waals surface area contributed by atoms with Crippen LogP contribution in [0.2, 0.25) is 0 Å². The van der Waals surface area contributed by atoms with Crippen LogP contribution in [0.4, 0.5) is 18.9 Å². The number of benzene rings is 1. The van der Waals surface area contributed by atoms with E-state index in [2.05, 4.69) is 5.32 Å². The zero-order chi connectivity index (χ0) is 15.7. The Morgan fingerprint density at radius 1 is 1.14 bits per heavy atom. The lowest BCUT2D eigenvalue weighted by Crippen LogP contribution is -2.55. The highest BCUT2D eigenvalue weighted by Gasteiger charge is 2.42. The highest BCUT2D eigenvalue weighted by molar-refractivity contribution is 6.01. The van der Waals surface area contributed by atoms with Gasteiger partial charge < -0.3 is 10.2 Å². The zero-order valence-electron chi connectivity index (χ0n) is 12.2. The first-order valence-corrected chi connectivity index (χ1v) is 7.69. The van der Waals surface area contributed by atoms with Crippen LogP contribution in [-0.4, -0.2) is 29.7 Å². The van der Waals surface area contributed by atoms with Crippen molar-refractivity contribution in [3.8, 4) is 0 Å². The SMILES string of the molecule is O=C1c2ccccc2N[C@@H](C2CCCCC2)N1CC(F)(F)F. The number of halogens is 3. The minimum Gasteiger partial charge on any atom is -0.364 e. The van der Waals surface area contributed by atoms with Gasteiger partial charge in [0.1, 0.15) is 12.7 Å². The standard InChI is InChI=1S/C16H19F3N2O/c17-16(18,19)10-21-14(11-6-2-1-3-7-11)20-13-9-5-4-8-12(13)15(21)22/h4-5,8-9,11,14,20H,1-3,6-7,10H2/t14-/m1/s1. The van der Waals surface area contributed by atoms with Crippen molar-refractivity contribution in [1.82, 2.24) is 4.90 Å². The van der Waals surface area contributed by atoms with Crippen LogP contribution in [0.15, 0.2) is 24.3 Å². The molecule has 0 saturated heterocycles. The second-order valence-corrected chi connectivity index (χ2v) is 6.08. The first kappa shape index (κ1) is 15.2. The van der Waals surface area contributed by atoms with Crippen molar-refractivity contribution >= 4 is 11.6 Å². The third kappa shape index (κ3) is 3.05. The van der Waals surface area contributed by atoms with Gasteiger partial charge >= 0.3 is 6.18 Å². The lowest BCUT2D eigenvalue weighted by Gasteiger charge is -2.43. The van der Waals surface area contributed by atoms with Crippen molar-refractivity contribution in [3.05, 3.63) is 29.8 Å². The number of nitrogens with zero attached hydrogens (tertiary/aromatic N) is 1. The van der Waals surface area contributed by atoms with Crippen LogP contribution in [0.3, 0.4) is 0 Å². The van der Waals surface area contributed by atoms with Gasteiger partial charge in [-0.15, -0.1) is 0 Å². The van der Waals surface area contributed by atoms with E-state index in [0.717, 1.165) is 37.0 Å². The molecule has 6 heteroatoms. The lowest BCUT2D eigenvalue weighted by atomic mass is 9.85. The number of hydrogen-bond acceptors (Lipinski definition) is 2. The van der Waals surface area contributed by atoms with Crippen molar-refractivity contribution in [2.24, 2.45) is 5.92 Å². The van der Waals surface area contributed by atoms with Crippen LogP contribution in [-0.2, 0) is 0 Å². The first-order valence-electron chi connectivity index (χ1n) is 7.69. The van der Waals surface area contributed by atoms with Gasteiger partial charge in [-0.3, -0.25) is 4.79 Å². The molecular weight excluding hydrogens is 293 g/mol. The van der Waals surface area contributed by atoms with Crippen molar-refractivity contribution in [2.75, 3.05) is 11.9 Å². The van der Waals surface area contributed by atoms with Crippen molar-refractivity contribution in [1.29, 1.82) is 0 Å². The summed E-state index contributed by atoms with van der Waals surface area (Å²) in [6.45, 7) is -1.20. The van der Waals surface area contributed by atoms with Crippen molar-refractivity contribution in [3.63, 3.8) is 0 Å². The maximum atomic E-state index is 12.9. The van der Waals surface area contributed by atoms with E-state index in [-0.39, 0.29) is 5.92 Å². The van der Waals surface area contributed by atoms with Crippen LogP contribution in [0.5, 0.6) is 0 Å². The summed E-state index contributed by atoms with van der Waals surface area (Å²) in [7, 11) is 0. The van der Waals surface area contributed by atoms with E-state index >= 15 is 0 Å². The number of amides is 1. The molecule has 1 fully saturated rings. The van der Waals surface area contributed by atoms with Crippen LogP contribution in [0.1, 0.15) is 42.5 Å². The Bertz CT molecular complexity index is 553. The molecular formula is C16H19F3N2O. The Morgan fingerprint density at radius 2 is 1.82 bits per heavy atom. The van der Waals surface area contributed by atoms with E-state index in [0.29, 0.717) is 11.3 Å². The third-order valence-corrected chi connectivity index (χ3v) is 4.50. The summed E-state index contributed by atoms with van der Waals surface area (Å²) >= 11 is 0. The number of anilines is 1. The predicted molar refractivity (Wildman–Crippen MR) is 77.5 cm³/mol. The average Bonchev–Trinajstić information content (AvgIpc) is 2.50. The van der Waals surface area contributed by atoms with E-state index in [4.69, 9.17) is 0 Å². The largest absolute Gasteiger partial charge is 0.406 e. The quantitative estimate of drug-likeness (QED) is 0.894. The minimum atomic E-state index is -4.39. The second-order valence-electron chi connectivity index (χ2n) is 6.08. The van der Waals surface area contributed by atoms with E-state index in [1.807, 2.05) is 0 Å². The van der Waals surface area contributed by atoms with Gasteiger partial charge in [0, 0.05) is 5.69 Å². The minimum absolute atomic E-state index is 0.0772. The van der Waals surface area contributed by atoms with E-state index < -0.39 is 24.8 Å². The summed E-state index contributed by atoms with van der Waals surface area (Å²) in [6, 6.07) is 6.79. The summed E-state index contributed by atoms with van der Waals surface area (Å²) in [4.78, 5) is 13.5. The molecule has 1 saturated carbocycles.